The molecular formula is C54H38N2. The molecular weight excluding hydrogens is 677 g/mol. The number of fused-ring (bicyclic) bond motifs is 3. The largest absolute Gasteiger partial charge is 0.310 e. The Hall–Kier alpha value is -7.42. The van der Waals surface area contributed by atoms with Crippen molar-refractivity contribution >= 4 is 38.9 Å². The van der Waals surface area contributed by atoms with Crippen LogP contribution in [0.1, 0.15) is 0 Å². The van der Waals surface area contributed by atoms with Crippen molar-refractivity contribution in [3.05, 3.63) is 231 Å². The number of aromatic nitrogens is 1. The predicted octanol–water partition coefficient (Wildman–Crippen LogP) is 14.9. The summed E-state index contributed by atoms with van der Waals surface area (Å²) in [7, 11) is 0. The lowest BCUT2D eigenvalue weighted by atomic mass is 9.97. The fourth-order valence-corrected chi connectivity index (χ4v) is 8.20. The van der Waals surface area contributed by atoms with Crippen molar-refractivity contribution in [2.24, 2.45) is 0 Å². The van der Waals surface area contributed by atoms with Crippen LogP contribution < -0.4 is 4.90 Å². The highest BCUT2D eigenvalue weighted by atomic mass is 15.1. The molecule has 264 valence electrons. The first-order valence-corrected chi connectivity index (χ1v) is 19.2. The average molecular weight is 715 g/mol. The van der Waals surface area contributed by atoms with Gasteiger partial charge in [-0.15, -0.1) is 0 Å². The molecule has 0 bridgehead atoms. The van der Waals surface area contributed by atoms with Crippen molar-refractivity contribution in [2.45, 2.75) is 0 Å². The molecule has 0 radical (unpaired) electrons. The van der Waals surface area contributed by atoms with Gasteiger partial charge in [-0.05, 0) is 99.6 Å². The summed E-state index contributed by atoms with van der Waals surface area (Å²) in [5, 5.41) is 2.49. The molecule has 10 aromatic rings. The highest BCUT2D eigenvalue weighted by Gasteiger charge is 2.20. The van der Waals surface area contributed by atoms with Gasteiger partial charge in [-0.2, -0.15) is 0 Å². The Morgan fingerprint density at radius 2 is 0.839 bits per heavy atom. The van der Waals surface area contributed by atoms with Crippen molar-refractivity contribution in [3.63, 3.8) is 0 Å². The van der Waals surface area contributed by atoms with Crippen molar-refractivity contribution in [1.29, 1.82) is 0 Å². The van der Waals surface area contributed by atoms with Crippen molar-refractivity contribution in [3.8, 4) is 50.2 Å². The Labute approximate surface area is 327 Å². The first-order valence-electron chi connectivity index (χ1n) is 19.2. The summed E-state index contributed by atoms with van der Waals surface area (Å²) in [6.07, 6.45) is 0. The minimum absolute atomic E-state index is 1.09. The fraction of sp³-hybridized carbons (Fsp3) is 0. The maximum atomic E-state index is 2.41. The summed E-state index contributed by atoms with van der Waals surface area (Å²) < 4.78 is 2.39. The lowest BCUT2D eigenvalue weighted by Crippen LogP contribution is -2.11. The van der Waals surface area contributed by atoms with Gasteiger partial charge in [-0.25, -0.2) is 0 Å². The van der Waals surface area contributed by atoms with E-state index in [1.54, 1.807) is 0 Å². The highest BCUT2D eigenvalue weighted by molar-refractivity contribution is 6.16. The van der Waals surface area contributed by atoms with Crippen molar-refractivity contribution < 1.29 is 0 Å². The quantitative estimate of drug-likeness (QED) is 0.152. The number of para-hydroxylation sites is 3. The van der Waals surface area contributed by atoms with Crippen LogP contribution in [-0.2, 0) is 0 Å². The zero-order valence-corrected chi connectivity index (χ0v) is 30.8. The zero-order chi connectivity index (χ0) is 37.3. The first-order chi connectivity index (χ1) is 27.8. The van der Waals surface area contributed by atoms with E-state index in [1.165, 1.54) is 66.3 Å². The van der Waals surface area contributed by atoms with Gasteiger partial charge in [0, 0.05) is 33.4 Å². The van der Waals surface area contributed by atoms with Crippen molar-refractivity contribution in [1.82, 2.24) is 4.57 Å². The summed E-state index contributed by atoms with van der Waals surface area (Å²) in [5.41, 5.74) is 16.4. The third-order valence-corrected chi connectivity index (χ3v) is 10.8. The van der Waals surface area contributed by atoms with Gasteiger partial charge in [-0.1, -0.05) is 170 Å². The third kappa shape index (κ3) is 6.04. The second-order valence-electron chi connectivity index (χ2n) is 14.2. The van der Waals surface area contributed by atoms with Crippen LogP contribution in [0.3, 0.4) is 0 Å². The van der Waals surface area contributed by atoms with Crippen LogP contribution >= 0.6 is 0 Å². The molecule has 0 aliphatic rings. The molecule has 56 heavy (non-hydrogen) atoms. The van der Waals surface area contributed by atoms with Crippen molar-refractivity contribution in [2.75, 3.05) is 4.90 Å². The molecule has 0 amide bonds. The molecule has 2 heteroatoms. The summed E-state index contributed by atoms with van der Waals surface area (Å²) in [6.45, 7) is 0. The minimum Gasteiger partial charge on any atom is -0.310 e. The van der Waals surface area contributed by atoms with Gasteiger partial charge in [0.1, 0.15) is 0 Å². The Balaban J connectivity index is 1.13. The SMILES string of the molecule is c1ccc(-c2cccc(-c3ccc(N(c4cccc(-c5cccc6c5c5ccccc5n6-c5ccccc5)c4)c4ccccc4-c4ccccc4)cc3)c2)cc1. The molecule has 0 atom stereocenters. The first kappa shape index (κ1) is 33.2. The summed E-state index contributed by atoms with van der Waals surface area (Å²) in [6, 6.07) is 83.0. The van der Waals surface area contributed by atoms with E-state index < -0.39 is 0 Å². The van der Waals surface area contributed by atoms with Gasteiger partial charge >= 0.3 is 0 Å². The van der Waals surface area contributed by atoms with E-state index in [4.69, 9.17) is 0 Å². The lowest BCUT2D eigenvalue weighted by Gasteiger charge is -2.28. The molecule has 0 N–H and O–H groups in total. The van der Waals surface area contributed by atoms with Gasteiger partial charge in [0.25, 0.3) is 0 Å². The molecule has 0 saturated heterocycles. The normalized spacial score (nSPS) is 11.2. The molecule has 9 aromatic carbocycles. The number of benzene rings is 9. The second-order valence-corrected chi connectivity index (χ2v) is 14.2. The van der Waals surface area contributed by atoms with Gasteiger partial charge in [0.2, 0.25) is 0 Å². The smallest absolute Gasteiger partial charge is 0.0547 e. The molecule has 1 heterocycles. The Bertz CT molecular complexity index is 2940. The number of nitrogens with zero attached hydrogens (tertiary/aromatic N) is 2. The van der Waals surface area contributed by atoms with E-state index in [0.717, 1.165) is 22.7 Å². The lowest BCUT2D eigenvalue weighted by molar-refractivity contribution is 1.18. The molecule has 0 unspecified atom stereocenters. The summed E-state index contributed by atoms with van der Waals surface area (Å²) in [4.78, 5) is 2.41. The monoisotopic (exact) mass is 714 g/mol. The van der Waals surface area contributed by atoms with Crippen LogP contribution in [-0.4, -0.2) is 4.57 Å². The summed E-state index contributed by atoms with van der Waals surface area (Å²) >= 11 is 0. The van der Waals surface area contributed by atoms with Crippen LogP contribution in [0.2, 0.25) is 0 Å². The van der Waals surface area contributed by atoms with Crippen LogP contribution in [0.25, 0.3) is 72.0 Å². The molecule has 0 saturated carbocycles. The molecule has 10 rings (SSSR count). The Kier molecular flexibility index (Phi) is 8.55. The van der Waals surface area contributed by atoms with E-state index >= 15 is 0 Å². The molecule has 0 spiro atoms. The topological polar surface area (TPSA) is 8.17 Å². The van der Waals surface area contributed by atoms with Gasteiger partial charge in [-0.3, -0.25) is 0 Å². The van der Waals surface area contributed by atoms with E-state index in [1.807, 2.05) is 0 Å². The van der Waals surface area contributed by atoms with Crippen LogP contribution in [0.5, 0.6) is 0 Å². The van der Waals surface area contributed by atoms with Gasteiger partial charge < -0.3 is 9.47 Å². The van der Waals surface area contributed by atoms with Gasteiger partial charge in [0.05, 0.1) is 16.7 Å². The molecule has 2 nitrogen and oxygen atoms in total. The van der Waals surface area contributed by atoms with Gasteiger partial charge in [0.15, 0.2) is 0 Å². The minimum atomic E-state index is 1.09. The van der Waals surface area contributed by atoms with Crippen LogP contribution in [0.4, 0.5) is 17.1 Å². The van der Waals surface area contributed by atoms with Crippen LogP contribution in [0.15, 0.2) is 231 Å². The molecule has 1 aromatic heterocycles. The molecule has 0 fully saturated rings. The molecule has 0 aliphatic carbocycles. The highest BCUT2D eigenvalue weighted by Crippen LogP contribution is 2.44. The maximum absolute atomic E-state index is 2.41. The van der Waals surface area contributed by atoms with E-state index in [2.05, 4.69) is 240 Å². The Morgan fingerprint density at radius 1 is 0.304 bits per heavy atom. The maximum Gasteiger partial charge on any atom is 0.0547 e. The van der Waals surface area contributed by atoms with E-state index in [-0.39, 0.29) is 0 Å². The number of rotatable bonds is 8. The van der Waals surface area contributed by atoms with Crippen LogP contribution in [0, 0.1) is 0 Å². The number of hydrogen-bond acceptors (Lipinski definition) is 1. The summed E-state index contributed by atoms with van der Waals surface area (Å²) in [5.74, 6) is 0. The van der Waals surface area contributed by atoms with E-state index in [9.17, 15) is 0 Å². The number of hydrogen-bond donors (Lipinski definition) is 0. The average Bonchev–Trinajstić information content (AvgIpc) is 3.63. The third-order valence-electron chi connectivity index (χ3n) is 10.8. The van der Waals surface area contributed by atoms with E-state index in [0.29, 0.717) is 0 Å². The number of anilines is 3. The predicted molar refractivity (Wildman–Crippen MR) is 237 cm³/mol. The second kappa shape index (κ2) is 14.4. The molecule has 0 aliphatic heterocycles. The zero-order valence-electron chi connectivity index (χ0n) is 30.8. The Morgan fingerprint density at radius 3 is 1.61 bits per heavy atom. The fourth-order valence-electron chi connectivity index (χ4n) is 8.20. The standard InChI is InChI=1S/C54H38N2/c1-4-17-39(18-5-1)42-21-14-22-43(37-42)40-33-35-46(36-34-40)55(51-30-12-10-27-48(51)41-19-6-2-7-20-41)47-26-15-23-44(38-47)49-29-16-32-53-54(49)50-28-11-13-31-52(50)56(53)45-24-8-3-9-25-45/h1-38H.